The number of aromatic nitrogens is 1. The standard InChI is InChI=1S/C13H16ClN3O/c14-12-3-5-15-7-11(12)13(18)16-9-4-6-17(8-9)10-1-2-10/h3,5,7,9-10H,1-2,4,6,8H2,(H,16,18). The van der Waals surface area contributed by atoms with Gasteiger partial charge in [0.05, 0.1) is 10.6 Å². The molecule has 3 rings (SSSR count). The minimum atomic E-state index is -0.115. The second-order valence-electron chi connectivity index (χ2n) is 5.04. The molecular weight excluding hydrogens is 250 g/mol. The predicted molar refractivity (Wildman–Crippen MR) is 69.7 cm³/mol. The summed E-state index contributed by atoms with van der Waals surface area (Å²) in [6, 6.07) is 2.66. The van der Waals surface area contributed by atoms with E-state index in [0.29, 0.717) is 10.6 Å². The first kappa shape index (κ1) is 11.9. The van der Waals surface area contributed by atoms with Gasteiger partial charge in [-0.25, -0.2) is 0 Å². The summed E-state index contributed by atoms with van der Waals surface area (Å²) in [5, 5.41) is 3.50. The van der Waals surface area contributed by atoms with Crippen molar-refractivity contribution in [3.05, 3.63) is 29.0 Å². The van der Waals surface area contributed by atoms with Crippen molar-refractivity contribution in [3.8, 4) is 0 Å². The first-order valence-electron chi connectivity index (χ1n) is 6.38. The van der Waals surface area contributed by atoms with Gasteiger partial charge in [0.1, 0.15) is 0 Å². The molecule has 1 saturated carbocycles. The number of amides is 1. The number of carbonyl (C=O) groups is 1. The van der Waals surface area contributed by atoms with Crippen LogP contribution in [0.3, 0.4) is 0 Å². The average molecular weight is 266 g/mol. The summed E-state index contributed by atoms with van der Waals surface area (Å²) in [5.74, 6) is -0.115. The van der Waals surface area contributed by atoms with Crippen LogP contribution in [0.2, 0.25) is 5.02 Å². The molecule has 0 radical (unpaired) electrons. The van der Waals surface area contributed by atoms with Crippen molar-refractivity contribution in [1.29, 1.82) is 0 Å². The number of pyridine rings is 1. The SMILES string of the molecule is O=C(NC1CCN(C2CC2)C1)c1cnccc1Cl. The quantitative estimate of drug-likeness (QED) is 0.905. The lowest BCUT2D eigenvalue weighted by Gasteiger charge is -2.15. The Hall–Kier alpha value is -1.13. The lowest BCUT2D eigenvalue weighted by molar-refractivity contribution is 0.0937. The molecule has 5 heteroatoms. The van der Waals surface area contributed by atoms with Gasteiger partial charge < -0.3 is 5.32 Å². The van der Waals surface area contributed by atoms with E-state index in [1.54, 1.807) is 12.3 Å². The number of hydrogen-bond donors (Lipinski definition) is 1. The normalized spacial score (nSPS) is 24.2. The maximum absolute atomic E-state index is 12.1. The summed E-state index contributed by atoms with van der Waals surface area (Å²) >= 11 is 5.98. The molecule has 18 heavy (non-hydrogen) atoms. The van der Waals surface area contributed by atoms with E-state index in [9.17, 15) is 4.79 Å². The maximum atomic E-state index is 12.1. The van der Waals surface area contributed by atoms with Crippen LogP contribution in [0.4, 0.5) is 0 Å². The molecule has 2 fully saturated rings. The Balaban J connectivity index is 1.60. The van der Waals surface area contributed by atoms with Crippen molar-refractivity contribution in [2.75, 3.05) is 13.1 Å². The van der Waals surface area contributed by atoms with Crippen molar-refractivity contribution in [3.63, 3.8) is 0 Å². The minimum absolute atomic E-state index is 0.115. The van der Waals surface area contributed by atoms with Crippen LogP contribution < -0.4 is 5.32 Å². The van der Waals surface area contributed by atoms with Crippen molar-refractivity contribution in [1.82, 2.24) is 15.2 Å². The molecule has 1 aliphatic heterocycles. The Kier molecular flexibility index (Phi) is 3.22. The molecule has 1 unspecified atom stereocenters. The van der Waals surface area contributed by atoms with E-state index in [1.807, 2.05) is 0 Å². The smallest absolute Gasteiger partial charge is 0.254 e. The molecule has 1 aromatic rings. The van der Waals surface area contributed by atoms with Gasteiger partial charge in [0.25, 0.3) is 5.91 Å². The van der Waals surface area contributed by atoms with Crippen LogP contribution >= 0.6 is 11.6 Å². The number of likely N-dealkylation sites (tertiary alicyclic amines) is 1. The Labute approximate surface area is 111 Å². The highest BCUT2D eigenvalue weighted by atomic mass is 35.5. The number of hydrogen-bond acceptors (Lipinski definition) is 3. The van der Waals surface area contributed by atoms with Crippen molar-refractivity contribution >= 4 is 17.5 Å². The van der Waals surface area contributed by atoms with Gasteiger partial charge in [0, 0.05) is 37.6 Å². The van der Waals surface area contributed by atoms with Gasteiger partial charge in [-0.05, 0) is 25.3 Å². The molecule has 1 aromatic heterocycles. The number of nitrogens with one attached hydrogen (secondary N) is 1. The Bertz CT molecular complexity index is 461. The molecule has 0 aromatic carbocycles. The molecule has 2 heterocycles. The predicted octanol–water partition coefficient (Wildman–Crippen LogP) is 1.70. The van der Waals surface area contributed by atoms with E-state index < -0.39 is 0 Å². The van der Waals surface area contributed by atoms with E-state index in [1.165, 1.54) is 19.0 Å². The molecule has 1 N–H and O–H groups in total. The lowest BCUT2D eigenvalue weighted by Crippen LogP contribution is -2.37. The van der Waals surface area contributed by atoms with Crippen LogP contribution in [-0.2, 0) is 0 Å². The van der Waals surface area contributed by atoms with Gasteiger partial charge in [-0.2, -0.15) is 0 Å². The van der Waals surface area contributed by atoms with Gasteiger partial charge in [0.15, 0.2) is 0 Å². The van der Waals surface area contributed by atoms with Crippen molar-refractivity contribution in [2.45, 2.75) is 31.3 Å². The van der Waals surface area contributed by atoms with Gasteiger partial charge in [-0.3, -0.25) is 14.7 Å². The third kappa shape index (κ3) is 2.49. The van der Waals surface area contributed by atoms with Crippen LogP contribution in [0.1, 0.15) is 29.6 Å². The average Bonchev–Trinajstić information content (AvgIpc) is 3.11. The van der Waals surface area contributed by atoms with E-state index >= 15 is 0 Å². The molecule has 96 valence electrons. The molecule has 1 saturated heterocycles. The fourth-order valence-corrected chi connectivity index (χ4v) is 2.68. The van der Waals surface area contributed by atoms with Crippen molar-refractivity contribution < 1.29 is 4.79 Å². The zero-order valence-electron chi connectivity index (χ0n) is 10.1. The monoisotopic (exact) mass is 265 g/mol. The minimum Gasteiger partial charge on any atom is -0.348 e. The molecule has 1 atom stereocenters. The molecule has 4 nitrogen and oxygen atoms in total. The summed E-state index contributed by atoms with van der Waals surface area (Å²) < 4.78 is 0. The van der Waals surface area contributed by atoms with Crippen LogP contribution in [0, 0.1) is 0 Å². The first-order valence-corrected chi connectivity index (χ1v) is 6.76. The molecule has 2 aliphatic rings. The number of halogens is 1. The second kappa shape index (κ2) is 4.86. The Morgan fingerprint density at radius 3 is 3.00 bits per heavy atom. The zero-order chi connectivity index (χ0) is 12.5. The fourth-order valence-electron chi connectivity index (χ4n) is 2.48. The summed E-state index contributed by atoms with van der Waals surface area (Å²) in [5.41, 5.74) is 0.462. The summed E-state index contributed by atoms with van der Waals surface area (Å²) in [7, 11) is 0. The van der Waals surface area contributed by atoms with Crippen LogP contribution in [0.15, 0.2) is 18.5 Å². The molecule has 1 aliphatic carbocycles. The van der Waals surface area contributed by atoms with Gasteiger partial charge in [-0.15, -0.1) is 0 Å². The third-order valence-corrected chi connectivity index (χ3v) is 3.96. The van der Waals surface area contributed by atoms with E-state index in [4.69, 9.17) is 11.6 Å². The molecule has 0 bridgehead atoms. The Morgan fingerprint density at radius 2 is 2.28 bits per heavy atom. The van der Waals surface area contributed by atoms with Crippen molar-refractivity contribution in [2.24, 2.45) is 0 Å². The van der Waals surface area contributed by atoms with Gasteiger partial charge in [0.2, 0.25) is 0 Å². The van der Waals surface area contributed by atoms with Crippen LogP contribution in [0.25, 0.3) is 0 Å². The first-order chi connectivity index (χ1) is 8.74. The van der Waals surface area contributed by atoms with E-state index in [2.05, 4.69) is 15.2 Å². The topological polar surface area (TPSA) is 45.2 Å². The highest BCUT2D eigenvalue weighted by molar-refractivity contribution is 6.33. The van der Waals surface area contributed by atoms with E-state index in [-0.39, 0.29) is 11.9 Å². The molecular formula is C13H16ClN3O. The van der Waals surface area contributed by atoms with Gasteiger partial charge >= 0.3 is 0 Å². The van der Waals surface area contributed by atoms with Gasteiger partial charge in [-0.1, -0.05) is 11.6 Å². The third-order valence-electron chi connectivity index (χ3n) is 3.63. The largest absolute Gasteiger partial charge is 0.348 e. The maximum Gasteiger partial charge on any atom is 0.254 e. The van der Waals surface area contributed by atoms with Crippen LogP contribution in [0.5, 0.6) is 0 Å². The zero-order valence-corrected chi connectivity index (χ0v) is 10.9. The highest BCUT2D eigenvalue weighted by Gasteiger charge is 2.34. The second-order valence-corrected chi connectivity index (χ2v) is 5.45. The number of rotatable bonds is 3. The number of carbonyl (C=O) groups excluding carboxylic acids is 1. The molecule has 1 amide bonds. The Morgan fingerprint density at radius 1 is 1.44 bits per heavy atom. The molecule has 0 spiro atoms. The highest BCUT2D eigenvalue weighted by Crippen LogP contribution is 2.29. The summed E-state index contributed by atoms with van der Waals surface area (Å²) in [6.07, 6.45) is 6.76. The number of nitrogens with zero attached hydrogens (tertiary/aromatic N) is 2. The van der Waals surface area contributed by atoms with E-state index in [0.717, 1.165) is 25.6 Å². The van der Waals surface area contributed by atoms with Crippen LogP contribution in [-0.4, -0.2) is 41.0 Å². The lowest BCUT2D eigenvalue weighted by atomic mass is 10.2. The fraction of sp³-hybridized carbons (Fsp3) is 0.538. The summed E-state index contributed by atoms with van der Waals surface area (Å²) in [6.45, 7) is 2.06. The summed E-state index contributed by atoms with van der Waals surface area (Å²) in [4.78, 5) is 18.5.